The molecular formula is C20H19FN4O2. The highest BCUT2D eigenvalue weighted by atomic mass is 19.1. The first-order valence-corrected chi connectivity index (χ1v) is 8.33. The molecule has 1 aromatic heterocycles. The second-order valence-corrected chi connectivity index (χ2v) is 6.23. The molecule has 1 heterocycles. The van der Waals surface area contributed by atoms with E-state index in [0.717, 1.165) is 5.56 Å². The Morgan fingerprint density at radius 3 is 2.33 bits per heavy atom. The van der Waals surface area contributed by atoms with E-state index in [1.54, 1.807) is 62.8 Å². The number of anilines is 1. The Kier molecular flexibility index (Phi) is 5.30. The SMILES string of the molecule is CN(C)C(=O)c1ccc(NC(=O)Cn2ccc(-c3ccc(F)cc3)n2)cc1. The van der Waals surface area contributed by atoms with Gasteiger partial charge in [-0.3, -0.25) is 14.3 Å². The molecule has 3 rings (SSSR count). The van der Waals surface area contributed by atoms with Gasteiger partial charge in [-0.1, -0.05) is 0 Å². The quantitative estimate of drug-likeness (QED) is 0.755. The van der Waals surface area contributed by atoms with E-state index >= 15 is 0 Å². The molecule has 3 aromatic rings. The fourth-order valence-electron chi connectivity index (χ4n) is 2.53. The zero-order valence-electron chi connectivity index (χ0n) is 15.0. The molecule has 7 heteroatoms. The minimum atomic E-state index is -0.309. The van der Waals surface area contributed by atoms with Gasteiger partial charge in [-0.25, -0.2) is 4.39 Å². The van der Waals surface area contributed by atoms with Crippen molar-refractivity contribution in [2.45, 2.75) is 6.54 Å². The van der Waals surface area contributed by atoms with Gasteiger partial charge in [-0.2, -0.15) is 5.10 Å². The average Bonchev–Trinajstić information content (AvgIpc) is 3.10. The van der Waals surface area contributed by atoms with E-state index in [-0.39, 0.29) is 24.2 Å². The molecule has 0 aliphatic rings. The minimum absolute atomic E-state index is 0.0412. The Labute approximate surface area is 156 Å². The Morgan fingerprint density at radius 2 is 1.70 bits per heavy atom. The zero-order valence-corrected chi connectivity index (χ0v) is 15.0. The molecule has 0 spiro atoms. The van der Waals surface area contributed by atoms with Crippen molar-refractivity contribution in [3.05, 3.63) is 72.2 Å². The standard InChI is InChI=1S/C20H19FN4O2/c1-24(2)20(27)15-5-9-17(10-6-15)22-19(26)13-25-12-11-18(23-25)14-3-7-16(21)8-4-14/h3-12H,13H2,1-2H3,(H,22,26). The molecule has 1 N–H and O–H groups in total. The molecule has 0 fully saturated rings. The van der Waals surface area contributed by atoms with Crippen LogP contribution in [0.5, 0.6) is 0 Å². The van der Waals surface area contributed by atoms with E-state index in [0.29, 0.717) is 16.9 Å². The van der Waals surface area contributed by atoms with Gasteiger partial charge in [0.2, 0.25) is 5.91 Å². The van der Waals surface area contributed by atoms with Gasteiger partial charge < -0.3 is 10.2 Å². The highest BCUT2D eigenvalue weighted by molar-refractivity contribution is 5.95. The maximum Gasteiger partial charge on any atom is 0.253 e. The third-order valence-corrected chi connectivity index (χ3v) is 3.91. The summed E-state index contributed by atoms with van der Waals surface area (Å²) in [7, 11) is 3.37. The second-order valence-electron chi connectivity index (χ2n) is 6.23. The summed E-state index contributed by atoms with van der Waals surface area (Å²) in [5.74, 6) is -0.649. The topological polar surface area (TPSA) is 67.2 Å². The largest absolute Gasteiger partial charge is 0.345 e. The highest BCUT2D eigenvalue weighted by Gasteiger charge is 2.10. The van der Waals surface area contributed by atoms with Crippen LogP contribution >= 0.6 is 0 Å². The fraction of sp³-hybridized carbons (Fsp3) is 0.150. The molecular weight excluding hydrogens is 347 g/mol. The third-order valence-electron chi connectivity index (χ3n) is 3.91. The number of carbonyl (C=O) groups is 2. The van der Waals surface area contributed by atoms with E-state index in [1.165, 1.54) is 21.7 Å². The van der Waals surface area contributed by atoms with Crippen LogP contribution in [0.2, 0.25) is 0 Å². The summed E-state index contributed by atoms with van der Waals surface area (Å²) >= 11 is 0. The van der Waals surface area contributed by atoms with E-state index in [1.807, 2.05) is 0 Å². The van der Waals surface area contributed by atoms with Crippen LogP contribution in [0, 0.1) is 5.82 Å². The van der Waals surface area contributed by atoms with Gasteiger partial charge in [0.1, 0.15) is 12.4 Å². The molecule has 0 aliphatic carbocycles. The van der Waals surface area contributed by atoms with Crippen LogP contribution in [0.15, 0.2) is 60.8 Å². The zero-order chi connectivity index (χ0) is 19.4. The Morgan fingerprint density at radius 1 is 1.04 bits per heavy atom. The normalized spacial score (nSPS) is 10.5. The minimum Gasteiger partial charge on any atom is -0.345 e. The fourth-order valence-corrected chi connectivity index (χ4v) is 2.53. The van der Waals surface area contributed by atoms with Crippen molar-refractivity contribution < 1.29 is 14.0 Å². The molecule has 27 heavy (non-hydrogen) atoms. The van der Waals surface area contributed by atoms with Crippen LogP contribution in [0.3, 0.4) is 0 Å². The van der Waals surface area contributed by atoms with Crippen molar-refractivity contribution >= 4 is 17.5 Å². The highest BCUT2D eigenvalue weighted by Crippen LogP contribution is 2.17. The van der Waals surface area contributed by atoms with E-state index in [9.17, 15) is 14.0 Å². The van der Waals surface area contributed by atoms with Crippen LogP contribution in [0.1, 0.15) is 10.4 Å². The molecule has 6 nitrogen and oxygen atoms in total. The van der Waals surface area contributed by atoms with Gasteiger partial charge >= 0.3 is 0 Å². The molecule has 0 aliphatic heterocycles. The number of hydrogen-bond acceptors (Lipinski definition) is 3. The van der Waals surface area contributed by atoms with Gasteiger partial charge in [-0.05, 0) is 54.6 Å². The first-order chi connectivity index (χ1) is 12.9. The van der Waals surface area contributed by atoms with Crippen LogP contribution in [-0.2, 0) is 11.3 Å². The first-order valence-electron chi connectivity index (χ1n) is 8.33. The lowest BCUT2D eigenvalue weighted by Gasteiger charge is -2.11. The molecule has 2 amide bonds. The van der Waals surface area contributed by atoms with Gasteiger partial charge in [0.05, 0.1) is 5.69 Å². The van der Waals surface area contributed by atoms with E-state index in [2.05, 4.69) is 10.4 Å². The molecule has 0 saturated carbocycles. The summed E-state index contributed by atoms with van der Waals surface area (Å²) in [4.78, 5) is 25.6. The van der Waals surface area contributed by atoms with Gasteiger partial charge in [-0.15, -0.1) is 0 Å². The van der Waals surface area contributed by atoms with Gasteiger partial charge in [0.15, 0.2) is 0 Å². The third kappa shape index (κ3) is 4.58. The number of rotatable bonds is 5. The number of halogens is 1. The molecule has 0 atom stereocenters. The molecule has 138 valence electrons. The van der Waals surface area contributed by atoms with Crippen LogP contribution in [-0.4, -0.2) is 40.6 Å². The summed E-state index contributed by atoms with van der Waals surface area (Å²) in [6, 6.07) is 14.5. The number of nitrogens with zero attached hydrogens (tertiary/aromatic N) is 3. The Hall–Kier alpha value is -3.48. The maximum absolute atomic E-state index is 13.0. The molecule has 0 saturated heterocycles. The molecule has 0 radical (unpaired) electrons. The van der Waals surface area contributed by atoms with Crippen molar-refractivity contribution in [2.75, 3.05) is 19.4 Å². The number of hydrogen-bond donors (Lipinski definition) is 1. The van der Waals surface area contributed by atoms with Crippen molar-refractivity contribution in [1.29, 1.82) is 0 Å². The predicted octanol–water partition coefficient (Wildman–Crippen LogP) is 3.03. The summed E-state index contributed by atoms with van der Waals surface area (Å²) in [6.45, 7) is 0.0412. The first kappa shape index (κ1) is 18.3. The van der Waals surface area contributed by atoms with E-state index < -0.39 is 0 Å². The molecule has 0 bridgehead atoms. The Balaban J connectivity index is 1.61. The van der Waals surface area contributed by atoms with Crippen LogP contribution in [0.25, 0.3) is 11.3 Å². The van der Waals surface area contributed by atoms with E-state index in [4.69, 9.17) is 0 Å². The predicted molar refractivity (Wildman–Crippen MR) is 101 cm³/mol. The lowest BCUT2D eigenvalue weighted by atomic mass is 10.1. The van der Waals surface area contributed by atoms with Crippen molar-refractivity contribution in [3.63, 3.8) is 0 Å². The number of benzene rings is 2. The van der Waals surface area contributed by atoms with Gasteiger partial charge in [0, 0.05) is 37.1 Å². The number of aromatic nitrogens is 2. The Bertz CT molecular complexity index is 947. The number of nitrogens with one attached hydrogen (secondary N) is 1. The maximum atomic E-state index is 13.0. The number of carbonyl (C=O) groups excluding carboxylic acids is 2. The lowest BCUT2D eigenvalue weighted by Crippen LogP contribution is -2.22. The summed E-state index contributed by atoms with van der Waals surface area (Å²) in [5.41, 5.74) is 2.58. The average molecular weight is 366 g/mol. The van der Waals surface area contributed by atoms with Crippen LogP contribution < -0.4 is 5.32 Å². The number of amides is 2. The summed E-state index contributed by atoms with van der Waals surface area (Å²) < 4.78 is 14.5. The van der Waals surface area contributed by atoms with Crippen molar-refractivity contribution in [1.82, 2.24) is 14.7 Å². The summed E-state index contributed by atoms with van der Waals surface area (Å²) in [6.07, 6.45) is 1.69. The smallest absolute Gasteiger partial charge is 0.253 e. The van der Waals surface area contributed by atoms with Crippen molar-refractivity contribution in [3.8, 4) is 11.3 Å². The summed E-state index contributed by atoms with van der Waals surface area (Å²) in [5, 5.41) is 7.10. The molecule has 2 aromatic carbocycles. The second kappa shape index (κ2) is 7.82. The van der Waals surface area contributed by atoms with Crippen LogP contribution in [0.4, 0.5) is 10.1 Å². The lowest BCUT2D eigenvalue weighted by molar-refractivity contribution is -0.116. The molecule has 0 unspecified atom stereocenters. The van der Waals surface area contributed by atoms with Crippen molar-refractivity contribution in [2.24, 2.45) is 0 Å². The monoisotopic (exact) mass is 366 g/mol. The van der Waals surface area contributed by atoms with Gasteiger partial charge in [0.25, 0.3) is 5.91 Å².